The maximum Gasteiger partial charge on any atom is 0.335 e. The number of rotatable bonds is 5. The zero-order chi connectivity index (χ0) is 14.8. The van der Waals surface area contributed by atoms with E-state index in [-0.39, 0.29) is 10.5 Å². The van der Waals surface area contributed by atoms with Gasteiger partial charge in [-0.2, -0.15) is 11.8 Å². The number of carboxylic acid groups (broad SMARTS) is 1. The van der Waals surface area contributed by atoms with E-state index in [4.69, 9.17) is 5.11 Å². The average Bonchev–Trinajstić information content (AvgIpc) is 2.89. The van der Waals surface area contributed by atoms with Crippen molar-refractivity contribution in [3.05, 3.63) is 29.3 Å². The highest BCUT2D eigenvalue weighted by atomic mass is 32.2. The van der Waals surface area contributed by atoms with Crippen molar-refractivity contribution in [1.29, 1.82) is 0 Å². The number of aryl methyl sites for hydroxylation is 1. The van der Waals surface area contributed by atoms with E-state index in [0.717, 1.165) is 18.6 Å². The molecule has 0 amide bonds. The molecule has 1 aliphatic rings. The summed E-state index contributed by atoms with van der Waals surface area (Å²) in [6.45, 7) is 2.05. The zero-order valence-electron chi connectivity index (χ0n) is 11.1. The second-order valence-corrected chi connectivity index (χ2v) is 7.92. The Morgan fingerprint density at radius 2 is 2.25 bits per heavy atom. The lowest BCUT2D eigenvalue weighted by Crippen LogP contribution is -2.30. The van der Waals surface area contributed by atoms with Crippen LogP contribution in [0.25, 0.3) is 0 Å². The van der Waals surface area contributed by atoms with E-state index in [0.29, 0.717) is 17.4 Å². The highest BCUT2D eigenvalue weighted by Gasteiger charge is 2.22. The molecule has 1 heterocycles. The zero-order valence-corrected chi connectivity index (χ0v) is 12.8. The van der Waals surface area contributed by atoms with Crippen molar-refractivity contribution in [3.63, 3.8) is 0 Å². The molecule has 0 saturated carbocycles. The molecule has 0 spiro atoms. The highest BCUT2D eigenvalue weighted by Crippen LogP contribution is 2.26. The van der Waals surface area contributed by atoms with Crippen molar-refractivity contribution in [2.45, 2.75) is 29.9 Å². The molecule has 5 nitrogen and oxygen atoms in total. The van der Waals surface area contributed by atoms with Crippen LogP contribution < -0.4 is 4.72 Å². The topological polar surface area (TPSA) is 83.5 Å². The maximum absolute atomic E-state index is 12.3. The van der Waals surface area contributed by atoms with Gasteiger partial charge in [0.2, 0.25) is 10.0 Å². The Kier molecular flexibility index (Phi) is 4.72. The summed E-state index contributed by atoms with van der Waals surface area (Å²) in [5, 5.41) is 9.26. The molecule has 0 aromatic heterocycles. The lowest BCUT2D eigenvalue weighted by atomic mass is 10.1. The fourth-order valence-corrected chi connectivity index (χ4v) is 4.77. The molecular formula is C13H17NO4S2. The van der Waals surface area contributed by atoms with Gasteiger partial charge in [0.15, 0.2) is 0 Å². The van der Waals surface area contributed by atoms with Crippen LogP contribution in [0.4, 0.5) is 0 Å². The van der Waals surface area contributed by atoms with Crippen LogP contribution in [0.3, 0.4) is 0 Å². The first kappa shape index (κ1) is 15.3. The highest BCUT2D eigenvalue weighted by molar-refractivity contribution is 8.00. The number of benzene rings is 1. The van der Waals surface area contributed by atoms with E-state index in [2.05, 4.69) is 4.72 Å². The Bertz CT molecular complexity index is 607. The van der Waals surface area contributed by atoms with Gasteiger partial charge in [-0.1, -0.05) is 6.07 Å². The minimum atomic E-state index is -3.66. The first-order valence-corrected chi connectivity index (χ1v) is 8.88. The molecule has 1 aromatic rings. The number of aromatic carboxylic acids is 1. The lowest BCUT2D eigenvalue weighted by molar-refractivity contribution is 0.0696. The molecule has 2 N–H and O–H groups in total. The minimum absolute atomic E-state index is 0.0220. The average molecular weight is 315 g/mol. The summed E-state index contributed by atoms with van der Waals surface area (Å²) in [6, 6.07) is 4.13. The first-order chi connectivity index (χ1) is 9.40. The van der Waals surface area contributed by atoms with Crippen molar-refractivity contribution in [2.75, 3.05) is 12.3 Å². The molecule has 1 aromatic carbocycles. The smallest absolute Gasteiger partial charge is 0.335 e. The van der Waals surface area contributed by atoms with Crippen LogP contribution >= 0.6 is 11.8 Å². The summed E-state index contributed by atoms with van der Waals surface area (Å²) in [5.41, 5.74) is 0.521. The summed E-state index contributed by atoms with van der Waals surface area (Å²) < 4.78 is 27.1. The molecule has 0 radical (unpaired) electrons. The Morgan fingerprint density at radius 3 is 2.85 bits per heavy atom. The molecule has 7 heteroatoms. The summed E-state index contributed by atoms with van der Waals surface area (Å²) >= 11 is 1.77. The SMILES string of the molecule is Cc1ccc(C(=O)O)cc1S(=O)(=O)NCC1CCCS1. The first-order valence-electron chi connectivity index (χ1n) is 6.35. The third-order valence-electron chi connectivity index (χ3n) is 3.25. The van der Waals surface area contributed by atoms with Crippen molar-refractivity contribution in [2.24, 2.45) is 0 Å². The quantitative estimate of drug-likeness (QED) is 0.866. The van der Waals surface area contributed by atoms with Crippen molar-refractivity contribution >= 4 is 27.8 Å². The van der Waals surface area contributed by atoms with Crippen LogP contribution in [0.2, 0.25) is 0 Å². The van der Waals surface area contributed by atoms with E-state index < -0.39 is 16.0 Å². The summed E-state index contributed by atoms with van der Waals surface area (Å²) in [5.74, 6) is -0.0623. The molecule has 2 rings (SSSR count). The molecule has 1 aliphatic heterocycles. The van der Waals surface area contributed by atoms with Gasteiger partial charge in [-0.15, -0.1) is 0 Å². The van der Waals surface area contributed by atoms with Crippen LogP contribution in [0, 0.1) is 6.92 Å². The van der Waals surface area contributed by atoms with Crippen LogP contribution in [0.15, 0.2) is 23.1 Å². The van der Waals surface area contributed by atoms with E-state index in [1.165, 1.54) is 18.2 Å². The van der Waals surface area contributed by atoms with Gasteiger partial charge in [-0.25, -0.2) is 17.9 Å². The number of thioether (sulfide) groups is 1. The Labute approximate surface area is 122 Å². The van der Waals surface area contributed by atoms with Crippen LogP contribution in [0.1, 0.15) is 28.8 Å². The molecule has 1 saturated heterocycles. The fraction of sp³-hybridized carbons (Fsp3) is 0.462. The van der Waals surface area contributed by atoms with Gasteiger partial charge in [0.05, 0.1) is 10.5 Å². The van der Waals surface area contributed by atoms with Gasteiger partial charge in [0.1, 0.15) is 0 Å². The number of carbonyl (C=O) groups is 1. The number of hydrogen-bond acceptors (Lipinski definition) is 4. The predicted octanol–water partition coefficient (Wildman–Crippen LogP) is 1.87. The Balaban J connectivity index is 2.19. The van der Waals surface area contributed by atoms with Crippen LogP contribution in [-0.2, 0) is 10.0 Å². The van der Waals surface area contributed by atoms with Gasteiger partial charge in [0.25, 0.3) is 0 Å². The maximum atomic E-state index is 12.3. The normalized spacial score (nSPS) is 19.1. The molecule has 1 unspecified atom stereocenters. The fourth-order valence-electron chi connectivity index (χ4n) is 2.11. The third-order valence-corrected chi connectivity index (χ3v) is 6.21. The number of hydrogen-bond donors (Lipinski definition) is 2. The van der Waals surface area contributed by atoms with Crippen LogP contribution in [-0.4, -0.2) is 37.0 Å². The number of sulfonamides is 1. The molecule has 0 bridgehead atoms. The van der Waals surface area contributed by atoms with Gasteiger partial charge >= 0.3 is 5.97 Å². The van der Waals surface area contributed by atoms with Gasteiger partial charge in [0, 0.05) is 11.8 Å². The molecule has 1 atom stereocenters. The minimum Gasteiger partial charge on any atom is -0.478 e. The molecule has 20 heavy (non-hydrogen) atoms. The van der Waals surface area contributed by atoms with Crippen molar-refractivity contribution < 1.29 is 18.3 Å². The second-order valence-electron chi connectivity index (χ2n) is 4.77. The van der Waals surface area contributed by atoms with Gasteiger partial charge < -0.3 is 5.11 Å². The summed E-state index contributed by atoms with van der Waals surface area (Å²) in [4.78, 5) is 11.0. The molecular weight excluding hydrogens is 298 g/mol. The summed E-state index contributed by atoms with van der Waals surface area (Å²) in [7, 11) is -3.66. The Hall–Kier alpha value is -1.05. The molecule has 110 valence electrons. The van der Waals surface area contributed by atoms with E-state index >= 15 is 0 Å². The van der Waals surface area contributed by atoms with E-state index in [9.17, 15) is 13.2 Å². The van der Waals surface area contributed by atoms with Crippen molar-refractivity contribution in [3.8, 4) is 0 Å². The predicted molar refractivity (Wildman–Crippen MR) is 78.8 cm³/mol. The van der Waals surface area contributed by atoms with Crippen molar-refractivity contribution in [1.82, 2.24) is 4.72 Å². The van der Waals surface area contributed by atoms with Crippen LogP contribution in [0.5, 0.6) is 0 Å². The largest absolute Gasteiger partial charge is 0.478 e. The summed E-state index contributed by atoms with van der Waals surface area (Å²) in [6.07, 6.45) is 2.13. The lowest BCUT2D eigenvalue weighted by Gasteiger charge is -2.13. The standard InChI is InChI=1S/C13H17NO4S2/c1-9-4-5-10(13(15)16)7-12(9)20(17,18)14-8-11-3-2-6-19-11/h4-5,7,11,14H,2-3,6,8H2,1H3,(H,15,16). The molecule has 1 fully saturated rings. The monoisotopic (exact) mass is 315 g/mol. The van der Waals surface area contributed by atoms with E-state index in [1.54, 1.807) is 18.7 Å². The van der Waals surface area contributed by atoms with Gasteiger partial charge in [-0.3, -0.25) is 0 Å². The van der Waals surface area contributed by atoms with Gasteiger partial charge in [-0.05, 0) is 43.2 Å². The molecule has 0 aliphatic carbocycles. The third kappa shape index (κ3) is 3.53. The number of nitrogens with one attached hydrogen (secondary N) is 1. The second kappa shape index (κ2) is 6.15. The van der Waals surface area contributed by atoms with E-state index in [1.807, 2.05) is 0 Å². The Morgan fingerprint density at radius 1 is 1.50 bits per heavy atom. The number of carboxylic acids is 1.